The highest BCUT2D eigenvalue weighted by atomic mass is 15.0. The van der Waals surface area contributed by atoms with Gasteiger partial charge in [-0.1, -0.05) is 27.7 Å². The fraction of sp³-hybridized carbons (Fsp3) is 0.667. The summed E-state index contributed by atoms with van der Waals surface area (Å²) in [5, 5.41) is 3.60. The van der Waals surface area contributed by atoms with Gasteiger partial charge in [0, 0.05) is 31.0 Å². The summed E-state index contributed by atoms with van der Waals surface area (Å²) in [4.78, 5) is 0. The van der Waals surface area contributed by atoms with Gasteiger partial charge in [0.25, 0.3) is 0 Å². The topological polar surface area (TPSA) is 17.0 Å². The van der Waals surface area contributed by atoms with Crippen molar-refractivity contribution in [1.82, 2.24) is 9.88 Å². The molecule has 0 aliphatic carbocycles. The third-order valence-corrected chi connectivity index (χ3v) is 2.48. The Hall–Kier alpha value is -0.760. The second-order valence-corrected chi connectivity index (χ2v) is 4.59. The Morgan fingerprint density at radius 1 is 1.21 bits per heavy atom. The first kappa shape index (κ1) is 11.3. The summed E-state index contributed by atoms with van der Waals surface area (Å²) in [7, 11) is 2.10. The smallest absolute Gasteiger partial charge is 0.0500 e. The maximum Gasteiger partial charge on any atom is 0.0500 e. The maximum absolute atomic E-state index is 3.60. The van der Waals surface area contributed by atoms with Crippen LogP contribution in [0.1, 0.15) is 39.4 Å². The molecule has 1 N–H and O–H groups in total. The van der Waals surface area contributed by atoms with Gasteiger partial charge in [-0.2, -0.15) is 0 Å². The lowest BCUT2D eigenvalue weighted by Crippen LogP contribution is -2.32. The van der Waals surface area contributed by atoms with Gasteiger partial charge in [-0.15, -0.1) is 0 Å². The first-order chi connectivity index (χ1) is 6.52. The van der Waals surface area contributed by atoms with Crippen LogP contribution in [0.2, 0.25) is 0 Å². The van der Waals surface area contributed by atoms with Crippen LogP contribution in [-0.2, 0) is 7.05 Å². The Balaban J connectivity index is 2.83. The van der Waals surface area contributed by atoms with Crippen molar-refractivity contribution in [1.29, 1.82) is 0 Å². The Labute approximate surface area is 87.3 Å². The molecule has 80 valence electrons. The van der Waals surface area contributed by atoms with Gasteiger partial charge in [-0.25, -0.2) is 0 Å². The molecule has 1 aromatic heterocycles. The molecule has 0 aliphatic rings. The molecule has 0 unspecified atom stereocenters. The van der Waals surface area contributed by atoms with Crippen LogP contribution in [0.4, 0.5) is 0 Å². The molecule has 1 heterocycles. The molecule has 0 saturated heterocycles. The van der Waals surface area contributed by atoms with Crippen LogP contribution in [0, 0.1) is 5.92 Å². The lowest BCUT2D eigenvalue weighted by atomic mass is 10.00. The summed E-state index contributed by atoms with van der Waals surface area (Å²) >= 11 is 0. The van der Waals surface area contributed by atoms with E-state index in [0.717, 1.165) is 0 Å². The van der Waals surface area contributed by atoms with Crippen molar-refractivity contribution >= 4 is 0 Å². The molecule has 0 radical (unpaired) electrons. The van der Waals surface area contributed by atoms with Crippen LogP contribution < -0.4 is 5.32 Å². The summed E-state index contributed by atoms with van der Waals surface area (Å²) in [6.07, 6.45) is 2.10. The Kier molecular flexibility index (Phi) is 3.76. The van der Waals surface area contributed by atoms with E-state index in [-0.39, 0.29) is 0 Å². The SMILES string of the molecule is CC(C)N[C@H](c1cccn1C)C(C)C. The molecule has 1 rings (SSSR count). The number of rotatable bonds is 4. The number of hydrogen-bond donors (Lipinski definition) is 1. The highest BCUT2D eigenvalue weighted by Crippen LogP contribution is 2.21. The van der Waals surface area contributed by atoms with Crippen molar-refractivity contribution in [2.75, 3.05) is 0 Å². The Morgan fingerprint density at radius 2 is 1.86 bits per heavy atom. The number of aryl methyl sites for hydroxylation is 1. The monoisotopic (exact) mass is 194 g/mol. The number of nitrogens with zero attached hydrogens (tertiary/aromatic N) is 1. The molecule has 0 saturated carbocycles. The number of aromatic nitrogens is 1. The molecular formula is C12H22N2. The average Bonchev–Trinajstić information content (AvgIpc) is 2.46. The fourth-order valence-electron chi connectivity index (χ4n) is 1.78. The standard InChI is InChI=1S/C12H22N2/c1-9(2)12(13-10(3)4)11-7-6-8-14(11)5/h6-10,12-13H,1-5H3/t12-/m0/s1. The molecule has 0 aliphatic heterocycles. The zero-order chi connectivity index (χ0) is 10.7. The van der Waals surface area contributed by atoms with Crippen LogP contribution >= 0.6 is 0 Å². The van der Waals surface area contributed by atoms with Crippen molar-refractivity contribution in [2.24, 2.45) is 13.0 Å². The largest absolute Gasteiger partial charge is 0.353 e. The summed E-state index contributed by atoms with van der Waals surface area (Å²) < 4.78 is 2.19. The van der Waals surface area contributed by atoms with Gasteiger partial charge in [0.2, 0.25) is 0 Å². The first-order valence-electron chi connectivity index (χ1n) is 5.39. The summed E-state index contributed by atoms with van der Waals surface area (Å²) in [5.41, 5.74) is 1.37. The maximum atomic E-state index is 3.60. The summed E-state index contributed by atoms with van der Waals surface area (Å²) in [6, 6.07) is 5.28. The number of hydrogen-bond acceptors (Lipinski definition) is 1. The molecule has 2 nitrogen and oxygen atoms in total. The van der Waals surface area contributed by atoms with E-state index >= 15 is 0 Å². The molecule has 1 atom stereocenters. The third kappa shape index (κ3) is 2.61. The molecule has 0 spiro atoms. The van der Waals surface area contributed by atoms with Crippen molar-refractivity contribution < 1.29 is 0 Å². The minimum Gasteiger partial charge on any atom is -0.353 e. The lowest BCUT2D eigenvalue weighted by Gasteiger charge is -2.25. The van der Waals surface area contributed by atoms with E-state index in [1.165, 1.54) is 5.69 Å². The molecule has 0 bridgehead atoms. The van der Waals surface area contributed by atoms with Gasteiger partial charge in [0.1, 0.15) is 0 Å². The van der Waals surface area contributed by atoms with Gasteiger partial charge >= 0.3 is 0 Å². The van der Waals surface area contributed by atoms with Gasteiger partial charge < -0.3 is 9.88 Å². The summed E-state index contributed by atoms with van der Waals surface area (Å²) in [6.45, 7) is 8.90. The summed E-state index contributed by atoms with van der Waals surface area (Å²) in [5.74, 6) is 0.617. The highest BCUT2D eigenvalue weighted by molar-refractivity contribution is 5.12. The van der Waals surface area contributed by atoms with E-state index in [1.807, 2.05) is 0 Å². The van der Waals surface area contributed by atoms with Crippen molar-refractivity contribution in [3.8, 4) is 0 Å². The molecule has 1 aromatic rings. The molecule has 0 amide bonds. The van der Waals surface area contributed by atoms with Crippen LogP contribution in [0.15, 0.2) is 18.3 Å². The predicted molar refractivity (Wildman–Crippen MR) is 61.3 cm³/mol. The van der Waals surface area contributed by atoms with Crippen LogP contribution in [-0.4, -0.2) is 10.6 Å². The molecular weight excluding hydrogens is 172 g/mol. The van der Waals surface area contributed by atoms with E-state index in [0.29, 0.717) is 18.0 Å². The van der Waals surface area contributed by atoms with Crippen LogP contribution in [0.5, 0.6) is 0 Å². The van der Waals surface area contributed by atoms with Crippen LogP contribution in [0.25, 0.3) is 0 Å². The minimum atomic E-state index is 0.454. The van der Waals surface area contributed by atoms with Crippen molar-refractivity contribution in [3.05, 3.63) is 24.0 Å². The molecule has 0 fully saturated rings. The van der Waals surface area contributed by atoms with Gasteiger partial charge in [-0.05, 0) is 18.1 Å². The lowest BCUT2D eigenvalue weighted by molar-refractivity contribution is 0.367. The Bertz CT molecular complexity index is 274. The van der Waals surface area contributed by atoms with E-state index in [2.05, 4.69) is 63.0 Å². The third-order valence-electron chi connectivity index (χ3n) is 2.48. The van der Waals surface area contributed by atoms with Crippen molar-refractivity contribution in [3.63, 3.8) is 0 Å². The van der Waals surface area contributed by atoms with Gasteiger partial charge in [0.15, 0.2) is 0 Å². The highest BCUT2D eigenvalue weighted by Gasteiger charge is 2.18. The molecule has 0 aromatic carbocycles. The minimum absolute atomic E-state index is 0.454. The first-order valence-corrected chi connectivity index (χ1v) is 5.39. The molecule has 14 heavy (non-hydrogen) atoms. The molecule has 2 heteroatoms. The quantitative estimate of drug-likeness (QED) is 0.780. The second kappa shape index (κ2) is 4.65. The normalized spacial score (nSPS) is 13.9. The fourth-order valence-corrected chi connectivity index (χ4v) is 1.78. The van der Waals surface area contributed by atoms with E-state index in [1.54, 1.807) is 0 Å². The Morgan fingerprint density at radius 3 is 2.21 bits per heavy atom. The zero-order valence-electron chi connectivity index (χ0n) is 9.91. The van der Waals surface area contributed by atoms with E-state index in [4.69, 9.17) is 0 Å². The van der Waals surface area contributed by atoms with Crippen LogP contribution in [0.3, 0.4) is 0 Å². The van der Waals surface area contributed by atoms with E-state index < -0.39 is 0 Å². The van der Waals surface area contributed by atoms with E-state index in [9.17, 15) is 0 Å². The second-order valence-electron chi connectivity index (χ2n) is 4.59. The van der Waals surface area contributed by atoms with Crippen molar-refractivity contribution in [2.45, 2.75) is 39.8 Å². The zero-order valence-corrected chi connectivity index (χ0v) is 9.91. The average molecular weight is 194 g/mol. The van der Waals surface area contributed by atoms with Gasteiger partial charge in [0.05, 0.1) is 0 Å². The predicted octanol–water partition coefficient (Wildman–Crippen LogP) is 2.72. The van der Waals surface area contributed by atoms with Gasteiger partial charge in [-0.3, -0.25) is 0 Å². The number of nitrogens with one attached hydrogen (secondary N) is 1.